The molecule has 0 spiro atoms. The van der Waals surface area contributed by atoms with Gasteiger partial charge in [0, 0.05) is 6.20 Å². The van der Waals surface area contributed by atoms with E-state index in [1.807, 2.05) is 12.1 Å². The summed E-state index contributed by atoms with van der Waals surface area (Å²) in [7, 11) is 0. The van der Waals surface area contributed by atoms with Gasteiger partial charge in [-0.05, 0) is 30.9 Å². The zero-order chi connectivity index (χ0) is 11.6. The predicted octanol–water partition coefficient (Wildman–Crippen LogP) is 2.61. The van der Waals surface area contributed by atoms with Gasteiger partial charge < -0.3 is 5.32 Å². The Morgan fingerprint density at radius 2 is 2.25 bits per heavy atom. The lowest BCUT2D eigenvalue weighted by molar-refractivity contribution is -0.126. The van der Waals surface area contributed by atoms with Gasteiger partial charge in [-0.15, -0.1) is 0 Å². The lowest BCUT2D eigenvalue weighted by atomic mass is 9.92. The third-order valence-corrected chi connectivity index (χ3v) is 2.74. The van der Waals surface area contributed by atoms with Crippen molar-refractivity contribution in [2.75, 3.05) is 6.54 Å². The fraction of sp³-hybridized carbons (Fsp3) is 0.545. The predicted molar refractivity (Wildman–Crippen MR) is 54.0 cm³/mol. The minimum Gasteiger partial charge on any atom is -0.300 e. The second-order valence-electron chi connectivity index (χ2n) is 3.99. The van der Waals surface area contributed by atoms with Gasteiger partial charge in [-0.25, -0.2) is 0 Å². The zero-order valence-electron chi connectivity index (χ0n) is 8.72. The van der Waals surface area contributed by atoms with Crippen molar-refractivity contribution in [2.24, 2.45) is 0 Å². The van der Waals surface area contributed by atoms with Crippen molar-refractivity contribution in [2.45, 2.75) is 31.5 Å². The standard InChI is InChI=1S/C11H13F3N2/c12-11(13,14)7-16-9-5-1-3-8-4-2-6-15-10(8)9/h2,4,6,9,16H,1,3,5,7H2. The first kappa shape index (κ1) is 11.4. The summed E-state index contributed by atoms with van der Waals surface area (Å²) in [6, 6.07) is 3.50. The van der Waals surface area contributed by atoms with Crippen LogP contribution in [0, 0.1) is 0 Å². The molecule has 0 fully saturated rings. The Bertz CT molecular complexity index is 362. The molecule has 0 aromatic carbocycles. The van der Waals surface area contributed by atoms with Crippen molar-refractivity contribution in [3.8, 4) is 0 Å². The van der Waals surface area contributed by atoms with Crippen LogP contribution in [0.15, 0.2) is 18.3 Å². The molecule has 1 aromatic rings. The first-order valence-electron chi connectivity index (χ1n) is 5.30. The van der Waals surface area contributed by atoms with Gasteiger partial charge in [-0.3, -0.25) is 4.98 Å². The summed E-state index contributed by atoms with van der Waals surface area (Å²) in [6.45, 7) is -0.951. The maximum absolute atomic E-state index is 12.1. The van der Waals surface area contributed by atoms with Crippen molar-refractivity contribution in [1.29, 1.82) is 0 Å². The number of nitrogens with one attached hydrogen (secondary N) is 1. The molecule has 1 heterocycles. The van der Waals surface area contributed by atoms with E-state index in [9.17, 15) is 13.2 Å². The van der Waals surface area contributed by atoms with Crippen LogP contribution in [-0.4, -0.2) is 17.7 Å². The summed E-state index contributed by atoms with van der Waals surface area (Å²) < 4.78 is 36.3. The van der Waals surface area contributed by atoms with Gasteiger partial charge in [0.25, 0.3) is 0 Å². The first-order chi connectivity index (χ1) is 7.56. The van der Waals surface area contributed by atoms with Crippen LogP contribution >= 0.6 is 0 Å². The summed E-state index contributed by atoms with van der Waals surface area (Å²) in [5.41, 5.74) is 1.84. The molecule has 2 rings (SSSR count). The molecule has 1 atom stereocenters. The van der Waals surface area contributed by atoms with Gasteiger partial charge in [-0.2, -0.15) is 13.2 Å². The number of fused-ring (bicyclic) bond motifs is 1. The summed E-state index contributed by atoms with van der Waals surface area (Å²) in [5.74, 6) is 0. The SMILES string of the molecule is FC(F)(F)CNC1CCCc2cccnc21. The highest BCUT2D eigenvalue weighted by molar-refractivity contribution is 5.25. The summed E-state index contributed by atoms with van der Waals surface area (Å²) in [4.78, 5) is 4.17. The molecule has 1 unspecified atom stereocenters. The number of alkyl halides is 3. The van der Waals surface area contributed by atoms with Gasteiger partial charge in [0.05, 0.1) is 18.3 Å². The lowest BCUT2D eigenvalue weighted by Gasteiger charge is -2.25. The van der Waals surface area contributed by atoms with E-state index in [1.165, 1.54) is 0 Å². The Hall–Kier alpha value is -1.10. The van der Waals surface area contributed by atoms with Gasteiger partial charge in [-0.1, -0.05) is 6.07 Å². The van der Waals surface area contributed by atoms with Crippen LogP contribution in [0.25, 0.3) is 0 Å². The highest BCUT2D eigenvalue weighted by atomic mass is 19.4. The number of aryl methyl sites for hydroxylation is 1. The molecule has 0 radical (unpaired) electrons. The molecular formula is C11H13F3N2. The highest BCUT2D eigenvalue weighted by Crippen LogP contribution is 2.28. The van der Waals surface area contributed by atoms with Gasteiger partial charge >= 0.3 is 6.18 Å². The molecular weight excluding hydrogens is 217 g/mol. The minimum atomic E-state index is -4.16. The molecule has 1 aliphatic rings. The number of rotatable bonds is 2. The minimum absolute atomic E-state index is 0.258. The molecule has 0 aliphatic heterocycles. The van der Waals surface area contributed by atoms with Crippen molar-refractivity contribution in [3.63, 3.8) is 0 Å². The topological polar surface area (TPSA) is 24.9 Å². The number of pyridine rings is 1. The first-order valence-corrected chi connectivity index (χ1v) is 5.30. The van der Waals surface area contributed by atoms with Gasteiger partial charge in [0.1, 0.15) is 0 Å². The van der Waals surface area contributed by atoms with Crippen LogP contribution in [0.1, 0.15) is 30.1 Å². The molecule has 0 bridgehead atoms. The summed E-state index contributed by atoms with van der Waals surface area (Å²) in [5, 5.41) is 2.53. The molecule has 0 amide bonds. The maximum Gasteiger partial charge on any atom is 0.401 e. The van der Waals surface area contributed by atoms with E-state index in [-0.39, 0.29) is 6.04 Å². The highest BCUT2D eigenvalue weighted by Gasteiger charge is 2.30. The fourth-order valence-corrected chi connectivity index (χ4v) is 2.05. The quantitative estimate of drug-likeness (QED) is 0.844. The molecule has 0 saturated carbocycles. The summed E-state index contributed by atoms with van der Waals surface area (Å²) >= 11 is 0. The van der Waals surface area contributed by atoms with Crippen LogP contribution in [-0.2, 0) is 6.42 Å². The van der Waals surface area contributed by atoms with E-state index >= 15 is 0 Å². The smallest absolute Gasteiger partial charge is 0.300 e. The van der Waals surface area contributed by atoms with Crippen LogP contribution in [0.4, 0.5) is 13.2 Å². The molecule has 2 nitrogen and oxygen atoms in total. The van der Waals surface area contributed by atoms with Crippen molar-refractivity contribution >= 4 is 0 Å². The van der Waals surface area contributed by atoms with E-state index in [4.69, 9.17) is 0 Å². The molecule has 16 heavy (non-hydrogen) atoms. The lowest BCUT2D eigenvalue weighted by Crippen LogP contribution is -2.34. The average molecular weight is 230 g/mol. The monoisotopic (exact) mass is 230 g/mol. The Kier molecular flexibility index (Phi) is 3.14. The largest absolute Gasteiger partial charge is 0.401 e. The van der Waals surface area contributed by atoms with E-state index in [1.54, 1.807) is 6.20 Å². The van der Waals surface area contributed by atoms with Gasteiger partial charge in [0.2, 0.25) is 0 Å². The van der Waals surface area contributed by atoms with Crippen molar-refractivity contribution in [3.05, 3.63) is 29.6 Å². The van der Waals surface area contributed by atoms with Crippen molar-refractivity contribution in [1.82, 2.24) is 10.3 Å². The molecule has 1 aliphatic carbocycles. The molecule has 0 saturated heterocycles. The number of nitrogens with zero attached hydrogens (tertiary/aromatic N) is 1. The second-order valence-corrected chi connectivity index (χ2v) is 3.99. The Morgan fingerprint density at radius 1 is 1.44 bits per heavy atom. The Morgan fingerprint density at radius 3 is 3.00 bits per heavy atom. The number of hydrogen-bond donors (Lipinski definition) is 1. The van der Waals surface area contributed by atoms with E-state index in [2.05, 4.69) is 10.3 Å². The Balaban J connectivity index is 2.07. The average Bonchev–Trinajstić information content (AvgIpc) is 2.25. The second kappa shape index (κ2) is 4.41. The molecule has 5 heteroatoms. The zero-order valence-corrected chi connectivity index (χ0v) is 8.72. The summed E-state index contributed by atoms with van der Waals surface area (Å²) in [6.07, 6.45) is 0.0144. The fourth-order valence-electron chi connectivity index (χ4n) is 2.05. The third-order valence-electron chi connectivity index (χ3n) is 2.74. The van der Waals surface area contributed by atoms with Crippen LogP contribution < -0.4 is 5.32 Å². The number of hydrogen-bond acceptors (Lipinski definition) is 2. The van der Waals surface area contributed by atoms with E-state index < -0.39 is 12.7 Å². The van der Waals surface area contributed by atoms with Crippen LogP contribution in [0.2, 0.25) is 0 Å². The van der Waals surface area contributed by atoms with E-state index in [0.29, 0.717) is 0 Å². The van der Waals surface area contributed by atoms with Gasteiger partial charge in [0.15, 0.2) is 0 Å². The molecule has 88 valence electrons. The van der Waals surface area contributed by atoms with Crippen molar-refractivity contribution < 1.29 is 13.2 Å². The van der Waals surface area contributed by atoms with E-state index in [0.717, 1.165) is 30.5 Å². The number of aromatic nitrogens is 1. The van der Waals surface area contributed by atoms with Crippen LogP contribution in [0.5, 0.6) is 0 Å². The normalized spacial score (nSPS) is 20.6. The van der Waals surface area contributed by atoms with Crippen LogP contribution in [0.3, 0.4) is 0 Å². The molecule has 1 aromatic heterocycles. The molecule has 1 N–H and O–H groups in total. The maximum atomic E-state index is 12.1. The Labute approximate surface area is 91.9 Å². The third kappa shape index (κ3) is 2.72. The number of halogens is 3.